The van der Waals surface area contributed by atoms with Gasteiger partial charge in [-0.15, -0.1) is 10.2 Å². The molecule has 96 heavy (non-hydrogen) atoms. The minimum Gasteiger partial charge on any atom is -0.494 e. The number of piperidine rings is 1. The number of likely N-dealkylation sites (tertiary alicyclic amines) is 1. The van der Waals surface area contributed by atoms with Crippen LogP contribution in [0.3, 0.4) is 0 Å². The van der Waals surface area contributed by atoms with Crippen molar-refractivity contribution in [2.45, 2.75) is 51.3 Å². The van der Waals surface area contributed by atoms with Gasteiger partial charge in [0.25, 0.3) is 17.6 Å². The number of hydrogen-bond acceptors (Lipinski definition) is 26. The van der Waals surface area contributed by atoms with Crippen molar-refractivity contribution < 1.29 is 81.5 Å². The summed E-state index contributed by atoms with van der Waals surface area (Å²) in [7, 11) is 1.44. The van der Waals surface area contributed by atoms with E-state index in [4.69, 9.17) is 52.1 Å². The first-order valence-corrected chi connectivity index (χ1v) is 33.0. The average molecular weight is 1350 g/mol. The van der Waals surface area contributed by atoms with E-state index >= 15 is 0 Å². The van der Waals surface area contributed by atoms with Gasteiger partial charge in [-0.25, -0.2) is 14.6 Å². The van der Waals surface area contributed by atoms with E-state index < -0.39 is 23.6 Å². The average Bonchev–Trinajstić information content (AvgIpc) is 1.59. The first-order chi connectivity index (χ1) is 47.2. The Hall–Kier alpha value is -7.10. The number of allylic oxidation sites excluding steroid dienone is 1. The van der Waals surface area contributed by atoms with Crippen LogP contribution < -0.4 is 10.1 Å². The predicted molar refractivity (Wildman–Crippen MR) is 348 cm³/mol. The van der Waals surface area contributed by atoms with Crippen LogP contribution in [0.1, 0.15) is 64.3 Å². The van der Waals surface area contributed by atoms with E-state index in [0.717, 1.165) is 68.8 Å². The number of aliphatic hydroxyl groups excluding tert-OH is 2. The molecule has 4 aromatic heterocycles. The number of nitrogens with one attached hydrogen (secondary N) is 2. The number of nitriles is 1. The summed E-state index contributed by atoms with van der Waals surface area (Å²) in [6.07, 6.45) is 9.55. The van der Waals surface area contributed by atoms with E-state index in [-0.39, 0.29) is 55.8 Å². The Balaban J connectivity index is 0.662. The lowest BCUT2D eigenvalue weighted by molar-refractivity contribution is -0.126. The van der Waals surface area contributed by atoms with E-state index in [1.54, 1.807) is 4.68 Å². The maximum absolute atomic E-state index is 13.8. The first kappa shape index (κ1) is 76.3. The number of methoxy groups -OCH3 is 1. The summed E-state index contributed by atoms with van der Waals surface area (Å²) in [6, 6.07) is 11.3. The molecular weight excluding hydrogens is 1250 g/mol. The summed E-state index contributed by atoms with van der Waals surface area (Å²) in [4.78, 5) is 71.2. The van der Waals surface area contributed by atoms with Crippen LogP contribution in [0.2, 0.25) is 0 Å². The van der Waals surface area contributed by atoms with Crippen LogP contribution >= 0.6 is 0 Å². The Morgan fingerprint density at radius 3 is 1.85 bits per heavy atom. The molecule has 0 bridgehead atoms. The molecule has 2 saturated heterocycles. The molecule has 4 N–H and O–H groups in total. The van der Waals surface area contributed by atoms with Gasteiger partial charge in [-0.2, -0.15) is 9.94 Å². The quantitative estimate of drug-likeness (QED) is 0.0140. The maximum Gasteiger partial charge on any atom is 0.295 e. The smallest absolute Gasteiger partial charge is 0.295 e. The fourth-order valence-corrected chi connectivity index (χ4v) is 10.6. The normalized spacial score (nSPS) is 13.9. The Bertz CT molecular complexity index is 3090. The number of carbonyl (C=O) groups is 4. The minimum absolute atomic E-state index is 0.0908. The Kier molecular flexibility index (Phi) is 36.1. The third-order valence-electron chi connectivity index (χ3n) is 15.8. The van der Waals surface area contributed by atoms with E-state index in [9.17, 15) is 34.7 Å². The van der Waals surface area contributed by atoms with Crippen molar-refractivity contribution in [3.05, 3.63) is 83.5 Å². The van der Waals surface area contributed by atoms with Crippen LogP contribution in [0, 0.1) is 11.3 Å². The van der Waals surface area contributed by atoms with Crippen LogP contribution in [0.25, 0.3) is 22.3 Å². The summed E-state index contributed by atoms with van der Waals surface area (Å²) in [6.45, 7) is 16.9. The molecule has 0 unspecified atom stereocenters. The van der Waals surface area contributed by atoms with E-state index in [1.165, 1.54) is 35.4 Å². The monoisotopic (exact) mass is 1340 g/mol. The Morgan fingerprint density at radius 1 is 0.708 bits per heavy atom. The predicted octanol–water partition coefficient (Wildman–Crippen LogP) is 1.26. The molecule has 0 spiro atoms. The fraction of sp³-hybridized carbons (Fsp3) is 0.631. The third-order valence-corrected chi connectivity index (χ3v) is 15.8. The number of benzene rings is 1. The summed E-state index contributed by atoms with van der Waals surface area (Å²) < 4.78 is 64.2. The molecule has 1 aromatic carbocycles. The fourth-order valence-electron chi connectivity index (χ4n) is 10.6. The molecule has 2 amide bonds. The number of ether oxygens (including phenoxy) is 11. The summed E-state index contributed by atoms with van der Waals surface area (Å²) in [5.41, 5.74) is 3.51. The van der Waals surface area contributed by atoms with Crippen LogP contribution in [0.15, 0.2) is 60.8 Å². The number of nitrogens with zero attached hydrogens (tertiary/aromatic N) is 12. The van der Waals surface area contributed by atoms with Crippen molar-refractivity contribution in [3.8, 4) is 17.6 Å². The standard InChI is InChI=1S/C65H96N14O17/c1-86-58-46-69-63(60-59(58)57(45-68-60)61(83)65(85)77-16-10-53(11-17-77)56(44-66)52-8-3-2-4-9-52)79-51-70-62(72-79)64(84)67-12-5-14-76(55(48-81)49-82)15-6-13-74-18-20-75(21-19-74)22-26-88-29-32-91-40-41-95-42-43-96-50-54-47-78(73-71-54)23-27-89-30-33-92-35-37-94-39-38-93-36-34-90-31-28-87-25-7-24-80/h2-4,8-9,24,45-47,51,55,68,81-82H,5-7,10-23,25-43,48-50H2,1H3,(H,67,84). The van der Waals surface area contributed by atoms with Crippen LogP contribution in [-0.4, -0.2) is 317 Å². The van der Waals surface area contributed by atoms with Gasteiger partial charge < -0.3 is 87.2 Å². The highest BCUT2D eigenvalue weighted by Gasteiger charge is 2.31. The van der Waals surface area contributed by atoms with Gasteiger partial charge in [0, 0.05) is 71.5 Å². The van der Waals surface area contributed by atoms with Gasteiger partial charge >= 0.3 is 0 Å². The van der Waals surface area contributed by atoms with Gasteiger partial charge in [-0.05, 0) is 49.9 Å². The Labute approximate surface area is 560 Å². The van der Waals surface area contributed by atoms with Gasteiger partial charge in [0.05, 0.1) is 206 Å². The highest BCUT2D eigenvalue weighted by atomic mass is 16.6. The third kappa shape index (κ3) is 26.4. The maximum atomic E-state index is 13.8. The molecule has 31 heteroatoms. The second-order valence-electron chi connectivity index (χ2n) is 22.4. The molecule has 0 aliphatic carbocycles. The number of hydrogen-bond donors (Lipinski definition) is 4. The number of aliphatic hydroxyl groups is 2. The first-order valence-electron chi connectivity index (χ1n) is 33.0. The molecule has 31 nitrogen and oxygen atoms in total. The van der Waals surface area contributed by atoms with Gasteiger partial charge in [-0.1, -0.05) is 35.5 Å². The summed E-state index contributed by atoms with van der Waals surface area (Å²) >= 11 is 0. The van der Waals surface area contributed by atoms with Gasteiger partial charge in [0.2, 0.25) is 5.82 Å². The molecule has 0 atom stereocenters. The van der Waals surface area contributed by atoms with E-state index in [2.05, 4.69) is 56.4 Å². The summed E-state index contributed by atoms with van der Waals surface area (Å²) in [5, 5.41) is 46.0. The molecule has 0 radical (unpaired) electrons. The second kappa shape index (κ2) is 45.4. The lowest BCUT2D eigenvalue weighted by Crippen LogP contribution is -2.48. The molecule has 7 rings (SSSR count). The number of rotatable bonds is 52. The molecule has 2 fully saturated rings. The molecular formula is C65H96N14O17. The van der Waals surface area contributed by atoms with Crippen LogP contribution in [0.4, 0.5) is 0 Å². The van der Waals surface area contributed by atoms with Crippen LogP contribution in [-0.2, 0) is 70.1 Å². The number of carbonyl (C=O) groups excluding carboxylic acids is 4. The SMILES string of the molecule is COc1cnc(-n2cnc(C(=O)NCCCN(CCCN3CCN(CCOCCOCCOCCOCc4cn(CCOCCOCCOCCOCCOCCOCCC=O)nn4)CC3)C(CO)CO)n2)c2[nH]cc(C(=O)C(=O)N3CCC(=C(C#N)c4ccccc4)CC3)c12. The number of H-pyrrole nitrogens is 1. The largest absolute Gasteiger partial charge is 0.494 e. The molecule has 0 saturated carbocycles. The number of amides is 2. The van der Waals surface area contributed by atoms with Gasteiger partial charge in [-0.3, -0.25) is 24.2 Å². The number of fused-ring (bicyclic) bond motifs is 1. The lowest BCUT2D eigenvalue weighted by Gasteiger charge is -2.35. The van der Waals surface area contributed by atoms with Crippen molar-refractivity contribution >= 4 is 40.4 Å². The number of ketones is 1. The molecule has 528 valence electrons. The van der Waals surface area contributed by atoms with Gasteiger partial charge in [0.15, 0.2) is 5.82 Å². The van der Waals surface area contributed by atoms with Crippen molar-refractivity contribution in [2.24, 2.45) is 0 Å². The van der Waals surface area contributed by atoms with Crippen molar-refractivity contribution in [2.75, 3.05) is 218 Å². The summed E-state index contributed by atoms with van der Waals surface area (Å²) in [5.74, 6) is -1.55. The zero-order chi connectivity index (χ0) is 67.6. The number of Topliss-reactive ketones (excluding diaryl/α,β-unsaturated/α-hetero) is 1. The van der Waals surface area contributed by atoms with Crippen molar-refractivity contribution in [1.82, 2.24) is 64.6 Å². The Morgan fingerprint density at radius 2 is 1.27 bits per heavy atom. The number of aldehydes is 1. The number of aromatic nitrogens is 8. The lowest BCUT2D eigenvalue weighted by atomic mass is 9.93. The molecule has 2 aliphatic rings. The molecule has 5 aromatic rings. The zero-order valence-corrected chi connectivity index (χ0v) is 55.3. The highest BCUT2D eigenvalue weighted by Crippen LogP contribution is 2.33. The van der Waals surface area contributed by atoms with Gasteiger partial charge in [0.1, 0.15) is 24.1 Å². The zero-order valence-electron chi connectivity index (χ0n) is 55.3. The second-order valence-corrected chi connectivity index (χ2v) is 22.4. The number of pyridine rings is 1. The van der Waals surface area contributed by atoms with E-state index in [0.29, 0.717) is 194 Å². The van der Waals surface area contributed by atoms with Crippen LogP contribution in [0.5, 0.6) is 5.75 Å². The van der Waals surface area contributed by atoms with Crippen molar-refractivity contribution in [3.63, 3.8) is 0 Å². The highest BCUT2D eigenvalue weighted by molar-refractivity contribution is 6.45. The minimum atomic E-state index is -0.733. The van der Waals surface area contributed by atoms with Crippen molar-refractivity contribution in [1.29, 1.82) is 5.26 Å². The van der Waals surface area contributed by atoms with E-state index in [1.807, 2.05) is 36.5 Å². The topological polar surface area (TPSA) is 349 Å². The molecule has 2 aliphatic heterocycles. The number of piperazine rings is 1. The number of aromatic amines is 1. The molecule has 6 heterocycles.